The monoisotopic (exact) mass is 426 g/mol. The molecule has 6 nitrogen and oxygen atoms in total. The Morgan fingerprint density at radius 1 is 1.35 bits per heavy atom. The molecule has 2 N–H and O–H groups in total. The molecule has 2 rings (SSSR count). The molecule has 1 atom stereocenters. The molecule has 1 aromatic rings. The first-order chi connectivity index (χ1) is 12.3. The fraction of sp³-hybridized carbons (Fsp3) is 0.389. The summed E-state index contributed by atoms with van der Waals surface area (Å²) in [5.74, 6) is -2.21. The highest BCUT2D eigenvalue weighted by Crippen LogP contribution is 2.20. The molecule has 1 unspecified atom stereocenters. The highest BCUT2D eigenvalue weighted by molar-refractivity contribution is 9.10. The smallest absolute Gasteiger partial charge is 0.325 e. The minimum absolute atomic E-state index is 0.178. The normalized spacial score (nSPS) is 16.5. The molecule has 0 spiro atoms. The maximum absolute atomic E-state index is 13.2. The first-order valence-corrected chi connectivity index (χ1v) is 9.02. The summed E-state index contributed by atoms with van der Waals surface area (Å²) in [4.78, 5) is 36.7. The number of hydrogen-bond acceptors (Lipinski definition) is 3. The van der Waals surface area contributed by atoms with Crippen molar-refractivity contribution in [3.8, 4) is 0 Å². The Balaban J connectivity index is 1.86. The van der Waals surface area contributed by atoms with Crippen molar-refractivity contribution in [2.45, 2.75) is 25.8 Å². The summed E-state index contributed by atoms with van der Waals surface area (Å²) < 4.78 is 13.5. The van der Waals surface area contributed by atoms with Crippen molar-refractivity contribution in [2.75, 3.05) is 13.1 Å². The lowest BCUT2D eigenvalue weighted by molar-refractivity contribution is -0.142. The van der Waals surface area contributed by atoms with E-state index in [1.165, 1.54) is 19.1 Å². The van der Waals surface area contributed by atoms with E-state index in [0.29, 0.717) is 36.0 Å². The molecule has 1 heterocycles. The van der Waals surface area contributed by atoms with Gasteiger partial charge in [0.25, 0.3) is 0 Å². The zero-order chi connectivity index (χ0) is 19.3. The Kier molecular flexibility index (Phi) is 6.90. The number of carboxylic acid groups (broad SMARTS) is 1. The second kappa shape index (κ2) is 8.93. The average molecular weight is 427 g/mol. The van der Waals surface area contributed by atoms with E-state index in [-0.39, 0.29) is 23.5 Å². The van der Waals surface area contributed by atoms with Gasteiger partial charge in [0, 0.05) is 25.1 Å². The zero-order valence-corrected chi connectivity index (χ0v) is 15.8. The van der Waals surface area contributed by atoms with Crippen LogP contribution >= 0.6 is 15.9 Å². The molecule has 0 bridgehead atoms. The molecular formula is C18H20BrFN2O4. The Labute approximate surface area is 159 Å². The third-order valence-electron chi connectivity index (χ3n) is 4.27. The van der Waals surface area contributed by atoms with Crippen molar-refractivity contribution in [2.24, 2.45) is 5.92 Å². The van der Waals surface area contributed by atoms with Gasteiger partial charge in [0.15, 0.2) is 0 Å². The Bertz CT molecular complexity index is 730. The molecule has 0 aromatic heterocycles. The van der Waals surface area contributed by atoms with E-state index in [9.17, 15) is 18.8 Å². The summed E-state index contributed by atoms with van der Waals surface area (Å²) in [7, 11) is 0. The van der Waals surface area contributed by atoms with E-state index >= 15 is 0 Å². The lowest BCUT2D eigenvalue weighted by Crippen LogP contribution is -2.46. The van der Waals surface area contributed by atoms with Crippen LogP contribution in [0.4, 0.5) is 4.39 Å². The van der Waals surface area contributed by atoms with Gasteiger partial charge in [-0.15, -0.1) is 0 Å². The second-order valence-corrected chi connectivity index (χ2v) is 7.03. The molecule has 0 saturated carbocycles. The highest BCUT2D eigenvalue weighted by atomic mass is 79.9. The van der Waals surface area contributed by atoms with Gasteiger partial charge in [0.05, 0.1) is 4.47 Å². The van der Waals surface area contributed by atoms with Gasteiger partial charge in [-0.1, -0.05) is 6.07 Å². The van der Waals surface area contributed by atoms with Crippen LogP contribution in [0.25, 0.3) is 6.08 Å². The Morgan fingerprint density at radius 3 is 2.58 bits per heavy atom. The molecule has 1 aromatic carbocycles. The minimum Gasteiger partial charge on any atom is -0.480 e. The predicted molar refractivity (Wildman–Crippen MR) is 97.7 cm³/mol. The van der Waals surface area contributed by atoms with Crippen LogP contribution in [-0.2, 0) is 14.4 Å². The van der Waals surface area contributed by atoms with Crippen molar-refractivity contribution in [3.05, 3.63) is 40.1 Å². The molecule has 26 heavy (non-hydrogen) atoms. The van der Waals surface area contributed by atoms with E-state index < -0.39 is 12.0 Å². The number of likely N-dealkylation sites (tertiary alicyclic amines) is 1. The summed E-state index contributed by atoms with van der Waals surface area (Å²) in [5, 5.41) is 11.3. The summed E-state index contributed by atoms with van der Waals surface area (Å²) in [6.45, 7) is 2.27. The van der Waals surface area contributed by atoms with E-state index in [2.05, 4.69) is 21.2 Å². The van der Waals surface area contributed by atoms with Crippen molar-refractivity contribution in [1.29, 1.82) is 0 Å². The SMILES string of the molecule is CC(NC(=O)C1CCN(C(=O)/C=C/c2ccc(F)c(Br)c2)CC1)C(=O)O. The number of piperidine rings is 1. The number of halogens is 2. The Morgan fingerprint density at radius 2 is 2.00 bits per heavy atom. The Hall–Kier alpha value is -2.22. The molecule has 140 valence electrons. The van der Waals surface area contributed by atoms with E-state index in [1.807, 2.05) is 0 Å². The second-order valence-electron chi connectivity index (χ2n) is 6.17. The number of nitrogens with zero attached hydrogens (tertiary/aromatic N) is 1. The number of carboxylic acids is 1. The summed E-state index contributed by atoms with van der Waals surface area (Å²) >= 11 is 3.10. The predicted octanol–water partition coefficient (Wildman–Crippen LogP) is 2.43. The summed E-state index contributed by atoms with van der Waals surface area (Å²) in [6.07, 6.45) is 4.01. The van der Waals surface area contributed by atoms with Crippen LogP contribution in [0, 0.1) is 11.7 Å². The number of rotatable bonds is 5. The lowest BCUT2D eigenvalue weighted by Gasteiger charge is -2.31. The summed E-state index contributed by atoms with van der Waals surface area (Å²) in [5.41, 5.74) is 0.698. The fourth-order valence-corrected chi connectivity index (χ4v) is 3.04. The highest BCUT2D eigenvalue weighted by Gasteiger charge is 2.28. The van der Waals surface area contributed by atoms with Crippen molar-refractivity contribution in [1.82, 2.24) is 10.2 Å². The molecule has 1 saturated heterocycles. The topological polar surface area (TPSA) is 86.7 Å². The lowest BCUT2D eigenvalue weighted by atomic mass is 9.95. The van der Waals surface area contributed by atoms with Gasteiger partial charge in [-0.3, -0.25) is 14.4 Å². The minimum atomic E-state index is -1.08. The number of carbonyl (C=O) groups is 3. The van der Waals surface area contributed by atoms with Crippen LogP contribution in [-0.4, -0.2) is 46.9 Å². The molecule has 1 aliphatic heterocycles. The van der Waals surface area contributed by atoms with Gasteiger partial charge in [0.2, 0.25) is 11.8 Å². The van der Waals surface area contributed by atoms with Gasteiger partial charge >= 0.3 is 5.97 Å². The molecule has 1 aliphatic rings. The average Bonchev–Trinajstić information content (AvgIpc) is 2.62. The van der Waals surface area contributed by atoms with Gasteiger partial charge in [0.1, 0.15) is 11.9 Å². The van der Waals surface area contributed by atoms with Gasteiger partial charge in [-0.05, 0) is 59.5 Å². The molecule has 0 aliphatic carbocycles. The van der Waals surface area contributed by atoms with E-state index in [4.69, 9.17) is 5.11 Å². The molecule has 8 heteroatoms. The van der Waals surface area contributed by atoms with Gasteiger partial charge < -0.3 is 15.3 Å². The maximum Gasteiger partial charge on any atom is 0.325 e. The van der Waals surface area contributed by atoms with Gasteiger partial charge in [-0.2, -0.15) is 0 Å². The van der Waals surface area contributed by atoms with Gasteiger partial charge in [-0.25, -0.2) is 4.39 Å². The molecule has 1 fully saturated rings. The van der Waals surface area contributed by atoms with Crippen LogP contribution in [0.1, 0.15) is 25.3 Å². The molecular weight excluding hydrogens is 407 g/mol. The summed E-state index contributed by atoms with van der Waals surface area (Å²) in [6, 6.07) is 3.54. The largest absolute Gasteiger partial charge is 0.480 e. The molecule has 2 amide bonds. The van der Waals surface area contributed by atoms with Crippen molar-refractivity contribution < 1.29 is 23.9 Å². The number of amides is 2. The number of nitrogens with one attached hydrogen (secondary N) is 1. The maximum atomic E-state index is 13.2. The third kappa shape index (κ3) is 5.39. The number of benzene rings is 1. The standard InChI is InChI=1S/C18H20BrFN2O4/c1-11(18(25)26)21-17(24)13-6-8-22(9-7-13)16(23)5-3-12-2-4-15(20)14(19)10-12/h2-5,10-11,13H,6-9H2,1H3,(H,21,24)(H,25,26)/b5-3+. The van der Waals surface area contributed by atoms with Crippen LogP contribution in [0.2, 0.25) is 0 Å². The van der Waals surface area contributed by atoms with E-state index in [0.717, 1.165) is 0 Å². The number of carbonyl (C=O) groups excluding carboxylic acids is 2. The zero-order valence-electron chi connectivity index (χ0n) is 14.2. The fourth-order valence-electron chi connectivity index (χ4n) is 2.64. The third-order valence-corrected chi connectivity index (χ3v) is 4.88. The number of aliphatic carboxylic acids is 1. The van der Waals surface area contributed by atoms with Crippen LogP contribution in [0.3, 0.4) is 0 Å². The van der Waals surface area contributed by atoms with Crippen LogP contribution < -0.4 is 5.32 Å². The first kappa shape index (κ1) is 20.1. The van der Waals surface area contributed by atoms with Crippen LogP contribution in [0.15, 0.2) is 28.7 Å². The molecule has 0 radical (unpaired) electrons. The number of hydrogen-bond donors (Lipinski definition) is 2. The first-order valence-electron chi connectivity index (χ1n) is 8.23. The van der Waals surface area contributed by atoms with E-state index in [1.54, 1.807) is 23.1 Å². The van der Waals surface area contributed by atoms with Crippen LogP contribution in [0.5, 0.6) is 0 Å². The van der Waals surface area contributed by atoms with Crippen molar-refractivity contribution in [3.63, 3.8) is 0 Å². The van der Waals surface area contributed by atoms with Crippen molar-refractivity contribution >= 4 is 39.8 Å². The quantitative estimate of drug-likeness (QED) is 0.707.